The molecule has 7 nitrogen and oxygen atoms in total. The molecule has 3 rings (SSSR count). The van der Waals surface area contributed by atoms with Crippen LogP contribution in [0.25, 0.3) is 11.5 Å². The third kappa shape index (κ3) is 4.63. The topological polar surface area (TPSA) is 90.7 Å². The molecule has 0 aliphatic carbocycles. The van der Waals surface area contributed by atoms with Crippen LogP contribution < -0.4 is 10.1 Å². The molecule has 1 amide bonds. The number of aryl methyl sites for hydroxylation is 1. The summed E-state index contributed by atoms with van der Waals surface area (Å²) in [6.45, 7) is 3.73. The number of carbonyl (C=O) groups excluding carboxylic acids is 2. The monoisotopic (exact) mass is 394 g/mol. The quantitative estimate of drug-likeness (QED) is 0.609. The highest BCUT2D eigenvalue weighted by Gasteiger charge is 2.19. The fourth-order valence-electron chi connectivity index (χ4n) is 2.85. The van der Waals surface area contributed by atoms with Crippen LogP contribution in [-0.4, -0.2) is 30.6 Å². The van der Waals surface area contributed by atoms with Gasteiger partial charge in [0, 0.05) is 0 Å². The number of methoxy groups -OCH3 is 1. The van der Waals surface area contributed by atoms with E-state index in [-0.39, 0.29) is 18.9 Å². The van der Waals surface area contributed by atoms with Crippen molar-refractivity contribution in [3.8, 4) is 17.2 Å². The van der Waals surface area contributed by atoms with Crippen molar-refractivity contribution in [1.29, 1.82) is 0 Å². The third-order valence-corrected chi connectivity index (χ3v) is 4.25. The highest BCUT2D eigenvalue weighted by molar-refractivity contribution is 6.01. The molecule has 1 N–H and O–H groups in total. The van der Waals surface area contributed by atoms with Gasteiger partial charge in [-0.3, -0.25) is 4.79 Å². The molecule has 0 atom stereocenters. The lowest BCUT2D eigenvalue weighted by molar-refractivity contribution is -0.115. The van der Waals surface area contributed by atoms with E-state index < -0.39 is 5.97 Å². The molecule has 1 aromatic heterocycles. The van der Waals surface area contributed by atoms with Crippen LogP contribution in [-0.2, 0) is 16.0 Å². The number of nitrogens with one attached hydrogen (secondary N) is 1. The van der Waals surface area contributed by atoms with Gasteiger partial charge in [0.15, 0.2) is 0 Å². The second-order valence-electron chi connectivity index (χ2n) is 6.21. The number of hydrogen-bond acceptors (Lipinski definition) is 6. The minimum atomic E-state index is -0.487. The molecule has 7 heteroatoms. The maximum atomic E-state index is 12.6. The van der Waals surface area contributed by atoms with E-state index in [2.05, 4.69) is 10.3 Å². The zero-order chi connectivity index (χ0) is 20.8. The van der Waals surface area contributed by atoms with Gasteiger partial charge in [-0.25, -0.2) is 9.78 Å². The zero-order valence-electron chi connectivity index (χ0n) is 16.5. The maximum Gasteiger partial charge on any atom is 0.340 e. The Morgan fingerprint density at radius 2 is 1.83 bits per heavy atom. The van der Waals surface area contributed by atoms with Crippen LogP contribution in [0.2, 0.25) is 0 Å². The minimum absolute atomic E-state index is 0.00163. The van der Waals surface area contributed by atoms with Gasteiger partial charge in [-0.05, 0) is 38.1 Å². The van der Waals surface area contributed by atoms with Gasteiger partial charge in [0.1, 0.15) is 11.5 Å². The lowest BCUT2D eigenvalue weighted by Crippen LogP contribution is -2.18. The Labute approximate surface area is 168 Å². The van der Waals surface area contributed by atoms with E-state index in [1.165, 1.54) is 0 Å². The van der Waals surface area contributed by atoms with Crippen LogP contribution in [0, 0.1) is 6.92 Å². The van der Waals surface area contributed by atoms with Crippen LogP contribution in [0.15, 0.2) is 52.9 Å². The highest BCUT2D eigenvalue weighted by atomic mass is 16.5. The van der Waals surface area contributed by atoms with Gasteiger partial charge >= 0.3 is 5.97 Å². The van der Waals surface area contributed by atoms with E-state index in [1.54, 1.807) is 45.2 Å². The largest absolute Gasteiger partial charge is 0.496 e. The van der Waals surface area contributed by atoms with Crippen molar-refractivity contribution in [1.82, 2.24) is 4.98 Å². The number of esters is 1. The molecule has 0 saturated heterocycles. The number of carbonyl (C=O) groups is 2. The lowest BCUT2D eigenvalue weighted by Gasteiger charge is -2.09. The molecule has 3 aromatic rings. The predicted molar refractivity (Wildman–Crippen MR) is 108 cm³/mol. The van der Waals surface area contributed by atoms with E-state index in [0.29, 0.717) is 39.9 Å². The molecule has 0 spiro atoms. The summed E-state index contributed by atoms with van der Waals surface area (Å²) in [5.74, 6) is 0.756. The van der Waals surface area contributed by atoms with Gasteiger partial charge < -0.3 is 19.2 Å². The van der Waals surface area contributed by atoms with Crippen LogP contribution in [0.1, 0.15) is 28.7 Å². The molecule has 0 aliphatic rings. The number of hydrogen-bond donors (Lipinski definition) is 1. The van der Waals surface area contributed by atoms with Crippen molar-refractivity contribution in [2.45, 2.75) is 20.3 Å². The summed E-state index contributed by atoms with van der Waals surface area (Å²) in [6.07, 6.45) is 0.00163. The smallest absolute Gasteiger partial charge is 0.340 e. The molecule has 0 radical (unpaired) electrons. The molecular formula is C22H22N2O5. The van der Waals surface area contributed by atoms with Crippen LogP contribution in [0.3, 0.4) is 0 Å². The van der Waals surface area contributed by atoms with Crippen molar-refractivity contribution < 1.29 is 23.5 Å². The van der Waals surface area contributed by atoms with E-state index in [1.807, 2.05) is 24.3 Å². The molecule has 0 aliphatic heterocycles. The Kier molecular flexibility index (Phi) is 6.29. The number of ether oxygens (including phenoxy) is 2. The number of para-hydroxylation sites is 2. The summed E-state index contributed by atoms with van der Waals surface area (Å²) >= 11 is 0. The van der Waals surface area contributed by atoms with E-state index in [4.69, 9.17) is 13.9 Å². The summed E-state index contributed by atoms with van der Waals surface area (Å²) in [6, 6.07) is 14.1. The number of rotatable bonds is 7. The second kappa shape index (κ2) is 9.05. The molecule has 1 heterocycles. The number of oxazole rings is 1. The first-order valence-corrected chi connectivity index (χ1v) is 9.19. The molecular weight excluding hydrogens is 372 g/mol. The molecule has 29 heavy (non-hydrogen) atoms. The summed E-state index contributed by atoms with van der Waals surface area (Å²) in [5, 5.41) is 2.75. The van der Waals surface area contributed by atoms with Crippen molar-refractivity contribution in [3.05, 3.63) is 65.5 Å². The minimum Gasteiger partial charge on any atom is -0.496 e. The molecule has 2 aromatic carbocycles. The van der Waals surface area contributed by atoms with Gasteiger partial charge in [-0.1, -0.05) is 24.3 Å². The van der Waals surface area contributed by atoms with Crippen LogP contribution in [0.4, 0.5) is 5.69 Å². The van der Waals surface area contributed by atoms with Gasteiger partial charge in [0.25, 0.3) is 0 Å². The summed E-state index contributed by atoms with van der Waals surface area (Å²) < 4.78 is 16.1. The van der Waals surface area contributed by atoms with Gasteiger partial charge in [-0.2, -0.15) is 0 Å². The van der Waals surface area contributed by atoms with Crippen molar-refractivity contribution >= 4 is 17.6 Å². The highest BCUT2D eigenvalue weighted by Crippen LogP contribution is 2.30. The SMILES string of the molecule is CCOC(=O)c1ccccc1NC(=O)Cc1nc(-c2ccccc2OC)oc1C. The average molecular weight is 394 g/mol. The molecule has 0 unspecified atom stereocenters. The first-order chi connectivity index (χ1) is 14.0. The Bertz CT molecular complexity index is 1030. The summed E-state index contributed by atoms with van der Waals surface area (Å²) in [4.78, 5) is 29.1. The van der Waals surface area contributed by atoms with E-state index in [0.717, 1.165) is 0 Å². The maximum absolute atomic E-state index is 12.6. The lowest BCUT2D eigenvalue weighted by atomic mass is 10.1. The predicted octanol–water partition coefficient (Wildman–Crippen LogP) is 4.02. The molecule has 0 saturated carbocycles. The number of aromatic nitrogens is 1. The first-order valence-electron chi connectivity index (χ1n) is 9.19. The number of anilines is 1. The summed E-state index contributed by atoms with van der Waals surface area (Å²) in [7, 11) is 1.57. The molecule has 150 valence electrons. The molecule has 0 fully saturated rings. The fraction of sp³-hybridized carbons (Fsp3) is 0.227. The second-order valence-corrected chi connectivity index (χ2v) is 6.21. The van der Waals surface area contributed by atoms with E-state index in [9.17, 15) is 9.59 Å². The third-order valence-electron chi connectivity index (χ3n) is 4.25. The fourth-order valence-corrected chi connectivity index (χ4v) is 2.85. The Hall–Kier alpha value is -3.61. The molecule has 0 bridgehead atoms. The van der Waals surface area contributed by atoms with Gasteiger partial charge in [0.05, 0.1) is 42.6 Å². The zero-order valence-corrected chi connectivity index (χ0v) is 16.5. The summed E-state index contributed by atoms with van der Waals surface area (Å²) in [5.41, 5.74) is 1.91. The average Bonchev–Trinajstić information content (AvgIpc) is 3.08. The van der Waals surface area contributed by atoms with Crippen molar-refractivity contribution in [3.63, 3.8) is 0 Å². The number of nitrogens with zero attached hydrogens (tertiary/aromatic N) is 1. The normalized spacial score (nSPS) is 10.4. The Morgan fingerprint density at radius 3 is 2.59 bits per heavy atom. The van der Waals surface area contributed by atoms with Crippen LogP contribution >= 0.6 is 0 Å². The standard InChI is InChI=1S/C22H22N2O5/c1-4-28-22(26)15-9-5-7-11-17(15)23-20(25)13-18-14(2)29-21(24-18)16-10-6-8-12-19(16)27-3/h5-12H,4,13H2,1-3H3,(H,23,25). The van der Waals surface area contributed by atoms with Crippen LogP contribution in [0.5, 0.6) is 5.75 Å². The number of benzene rings is 2. The van der Waals surface area contributed by atoms with Gasteiger partial charge in [0.2, 0.25) is 11.8 Å². The number of amides is 1. The van der Waals surface area contributed by atoms with Crippen molar-refractivity contribution in [2.24, 2.45) is 0 Å². The Balaban J connectivity index is 1.78. The van der Waals surface area contributed by atoms with Crippen molar-refractivity contribution in [2.75, 3.05) is 19.0 Å². The van der Waals surface area contributed by atoms with Gasteiger partial charge in [-0.15, -0.1) is 0 Å². The first kappa shape index (κ1) is 20.1. The Morgan fingerprint density at radius 1 is 1.10 bits per heavy atom. The van der Waals surface area contributed by atoms with E-state index >= 15 is 0 Å².